The quantitative estimate of drug-likeness (QED) is 0.453. The molecule has 4 atom stereocenters. The number of carbonyl (C=O) groups excluding carboxylic acids is 2. The van der Waals surface area contributed by atoms with E-state index in [1.165, 1.54) is 0 Å². The SMILES string of the molecule is O=C1C(OS(=O)(=O)c2ccc(C(F)(F)F)cc2)C(=O)C2C3C=CC(C3)C12. The molecule has 2 saturated carbocycles. The zero-order valence-electron chi connectivity index (χ0n) is 13.1. The molecule has 0 N–H and O–H groups in total. The van der Waals surface area contributed by atoms with Gasteiger partial charge in [0.2, 0.25) is 0 Å². The second-order valence-corrected chi connectivity index (χ2v) is 8.33. The number of hydrogen-bond acceptors (Lipinski definition) is 5. The molecule has 3 aliphatic carbocycles. The standard InChI is InChI=1S/C17H13F3O5S/c18-17(19,20)10-3-5-11(6-4-10)26(23,24)25-16-14(21)12-8-1-2-9(7-8)13(12)15(16)22/h1-6,8-9,12-13,16H,7H2. The summed E-state index contributed by atoms with van der Waals surface area (Å²) in [5.41, 5.74) is -1.01. The molecule has 0 aliphatic heterocycles. The molecule has 9 heteroatoms. The van der Waals surface area contributed by atoms with Crippen LogP contribution in [0.3, 0.4) is 0 Å². The number of ketones is 2. The third kappa shape index (κ3) is 2.52. The first-order valence-corrected chi connectivity index (χ1v) is 9.37. The summed E-state index contributed by atoms with van der Waals surface area (Å²) in [4.78, 5) is 24.4. The number of Topliss-reactive ketones (excluding diaryl/α,β-unsaturated/α-hetero) is 2. The first kappa shape index (κ1) is 17.4. The van der Waals surface area contributed by atoms with E-state index in [-0.39, 0.29) is 11.8 Å². The van der Waals surface area contributed by atoms with E-state index in [1.807, 2.05) is 12.2 Å². The molecule has 0 saturated heterocycles. The summed E-state index contributed by atoms with van der Waals surface area (Å²) in [7, 11) is -4.55. The molecule has 0 heterocycles. The Kier molecular flexibility index (Phi) is 3.68. The Balaban J connectivity index is 1.57. The highest BCUT2D eigenvalue weighted by Crippen LogP contribution is 2.53. The average molecular weight is 386 g/mol. The molecular formula is C17H13F3O5S. The second-order valence-electron chi connectivity index (χ2n) is 6.76. The largest absolute Gasteiger partial charge is 0.416 e. The van der Waals surface area contributed by atoms with Crippen molar-refractivity contribution in [3.8, 4) is 0 Å². The highest BCUT2D eigenvalue weighted by molar-refractivity contribution is 7.86. The highest BCUT2D eigenvalue weighted by atomic mass is 32.2. The van der Waals surface area contributed by atoms with Crippen molar-refractivity contribution < 1.29 is 35.4 Å². The minimum atomic E-state index is -4.61. The van der Waals surface area contributed by atoms with Crippen molar-refractivity contribution in [1.82, 2.24) is 0 Å². The third-order valence-corrected chi connectivity index (χ3v) is 6.62. The fourth-order valence-corrected chi connectivity index (χ4v) is 5.20. The number of fused-ring (bicyclic) bond motifs is 5. The molecule has 0 aromatic heterocycles. The van der Waals surface area contributed by atoms with Gasteiger partial charge in [0, 0.05) is 11.8 Å². The first-order chi connectivity index (χ1) is 12.1. The summed E-state index contributed by atoms with van der Waals surface area (Å²) >= 11 is 0. The Bertz CT molecular complexity index is 887. The van der Waals surface area contributed by atoms with Gasteiger partial charge in [-0.05, 0) is 42.5 Å². The molecule has 1 aromatic rings. The topological polar surface area (TPSA) is 77.5 Å². The molecule has 4 rings (SSSR count). The van der Waals surface area contributed by atoms with E-state index < -0.39 is 56.3 Å². The summed E-state index contributed by atoms with van der Waals surface area (Å²) < 4.78 is 67.2. The molecule has 26 heavy (non-hydrogen) atoms. The Labute approximate surface area is 147 Å². The van der Waals surface area contributed by atoms with Crippen LogP contribution in [0, 0.1) is 23.7 Å². The molecular weight excluding hydrogens is 373 g/mol. The lowest BCUT2D eigenvalue weighted by Gasteiger charge is -2.15. The molecule has 5 nitrogen and oxygen atoms in total. The van der Waals surface area contributed by atoms with E-state index in [2.05, 4.69) is 0 Å². The maximum Gasteiger partial charge on any atom is 0.416 e. The molecule has 0 spiro atoms. The fourth-order valence-electron chi connectivity index (χ4n) is 4.18. The molecule has 0 amide bonds. The number of carbonyl (C=O) groups is 2. The van der Waals surface area contributed by atoms with E-state index in [0.29, 0.717) is 18.6 Å². The van der Waals surface area contributed by atoms with Crippen LogP contribution in [-0.2, 0) is 30.1 Å². The summed E-state index contributed by atoms with van der Waals surface area (Å²) in [5.74, 6) is -2.41. The van der Waals surface area contributed by atoms with Gasteiger partial charge >= 0.3 is 6.18 Å². The predicted octanol–water partition coefficient (Wildman–Crippen LogP) is 2.37. The summed E-state index contributed by atoms with van der Waals surface area (Å²) in [5, 5.41) is 0. The third-order valence-electron chi connectivity index (χ3n) is 5.33. The van der Waals surface area contributed by atoms with Crippen molar-refractivity contribution in [2.45, 2.75) is 23.6 Å². The van der Waals surface area contributed by atoms with Crippen LogP contribution in [0.4, 0.5) is 13.2 Å². The Morgan fingerprint density at radius 1 is 0.923 bits per heavy atom. The van der Waals surface area contributed by atoms with Crippen molar-refractivity contribution in [3.63, 3.8) is 0 Å². The van der Waals surface area contributed by atoms with Gasteiger partial charge in [-0.15, -0.1) is 0 Å². The summed E-state index contributed by atoms with van der Waals surface area (Å²) in [6, 6.07) is 2.70. The van der Waals surface area contributed by atoms with Gasteiger partial charge < -0.3 is 0 Å². The van der Waals surface area contributed by atoms with E-state index in [1.54, 1.807) is 0 Å². The minimum absolute atomic E-state index is 0.0798. The van der Waals surface area contributed by atoms with Crippen LogP contribution < -0.4 is 0 Å². The smallest absolute Gasteiger partial charge is 0.296 e. The molecule has 2 bridgehead atoms. The van der Waals surface area contributed by atoms with Crippen molar-refractivity contribution in [2.75, 3.05) is 0 Å². The Morgan fingerprint density at radius 3 is 1.88 bits per heavy atom. The Morgan fingerprint density at radius 2 is 1.42 bits per heavy atom. The molecule has 4 unspecified atom stereocenters. The highest BCUT2D eigenvalue weighted by Gasteiger charge is 2.61. The van der Waals surface area contributed by atoms with Gasteiger partial charge in [-0.3, -0.25) is 9.59 Å². The maximum atomic E-state index is 12.6. The maximum absolute atomic E-state index is 12.6. The number of allylic oxidation sites excluding steroid dienone is 2. The average Bonchev–Trinajstić information content (AvgIpc) is 3.24. The van der Waals surface area contributed by atoms with Crippen LogP contribution in [0.15, 0.2) is 41.3 Å². The number of alkyl halides is 3. The summed E-state index contributed by atoms with van der Waals surface area (Å²) in [6.45, 7) is 0. The van der Waals surface area contributed by atoms with Crippen LogP contribution in [0.2, 0.25) is 0 Å². The van der Waals surface area contributed by atoms with Gasteiger partial charge in [-0.25, -0.2) is 4.18 Å². The lowest BCUT2D eigenvalue weighted by atomic mass is 9.85. The number of hydrogen-bond donors (Lipinski definition) is 0. The number of rotatable bonds is 3. The Hall–Kier alpha value is -2.00. The number of benzene rings is 1. The van der Waals surface area contributed by atoms with Crippen molar-refractivity contribution in [2.24, 2.45) is 23.7 Å². The molecule has 2 fully saturated rings. The second kappa shape index (κ2) is 5.50. The van der Waals surface area contributed by atoms with Crippen molar-refractivity contribution in [1.29, 1.82) is 0 Å². The fraction of sp³-hybridized carbons (Fsp3) is 0.412. The number of halogens is 3. The van der Waals surface area contributed by atoms with E-state index in [9.17, 15) is 31.2 Å². The molecule has 3 aliphatic rings. The predicted molar refractivity (Wildman–Crippen MR) is 81.2 cm³/mol. The molecule has 138 valence electrons. The van der Waals surface area contributed by atoms with Crippen LogP contribution in [0.5, 0.6) is 0 Å². The van der Waals surface area contributed by atoms with E-state index in [0.717, 1.165) is 12.1 Å². The van der Waals surface area contributed by atoms with Crippen LogP contribution >= 0.6 is 0 Å². The normalized spacial score (nSPS) is 33.1. The van der Waals surface area contributed by atoms with E-state index in [4.69, 9.17) is 4.18 Å². The van der Waals surface area contributed by atoms with Gasteiger partial charge in [0.15, 0.2) is 17.7 Å². The lowest BCUT2D eigenvalue weighted by molar-refractivity contribution is -0.137. The monoisotopic (exact) mass is 386 g/mol. The first-order valence-electron chi connectivity index (χ1n) is 7.96. The zero-order chi connectivity index (χ0) is 18.9. The van der Waals surface area contributed by atoms with Gasteiger partial charge in [0.25, 0.3) is 10.1 Å². The molecule has 0 radical (unpaired) electrons. The lowest BCUT2D eigenvalue weighted by Crippen LogP contribution is -2.31. The molecule has 1 aromatic carbocycles. The summed E-state index contributed by atoms with van der Waals surface area (Å²) in [6.07, 6.45) is -1.90. The van der Waals surface area contributed by atoms with Crippen molar-refractivity contribution in [3.05, 3.63) is 42.0 Å². The van der Waals surface area contributed by atoms with Crippen molar-refractivity contribution >= 4 is 21.7 Å². The van der Waals surface area contributed by atoms with Gasteiger partial charge in [0.1, 0.15) is 0 Å². The van der Waals surface area contributed by atoms with Gasteiger partial charge in [-0.1, -0.05) is 12.2 Å². The van der Waals surface area contributed by atoms with Crippen LogP contribution in [0.1, 0.15) is 12.0 Å². The van der Waals surface area contributed by atoms with E-state index >= 15 is 0 Å². The van der Waals surface area contributed by atoms with Gasteiger partial charge in [0.05, 0.1) is 10.5 Å². The van der Waals surface area contributed by atoms with Crippen LogP contribution in [-0.4, -0.2) is 26.1 Å². The van der Waals surface area contributed by atoms with Gasteiger partial charge in [-0.2, -0.15) is 21.6 Å². The zero-order valence-corrected chi connectivity index (χ0v) is 14.0. The van der Waals surface area contributed by atoms with Crippen LogP contribution in [0.25, 0.3) is 0 Å². The minimum Gasteiger partial charge on any atom is -0.296 e.